The number of carbonyl (C=O) groups is 2. The number of Topliss-reactive ketones (excluding diaryl/α,β-unsaturated/α-hetero) is 1. The third-order valence-corrected chi connectivity index (χ3v) is 2.70. The predicted octanol–water partition coefficient (Wildman–Crippen LogP) is 1.41. The normalized spacial score (nSPS) is 12.8. The molecule has 8 heteroatoms. The lowest BCUT2D eigenvalue weighted by Gasteiger charge is -2.20. The number of hydrogen-bond donors (Lipinski definition) is 2. The molecule has 0 aliphatic carbocycles. The third kappa shape index (κ3) is 4.23. The molecule has 20 heavy (non-hydrogen) atoms. The van der Waals surface area contributed by atoms with Gasteiger partial charge in [0, 0.05) is 5.69 Å². The highest BCUT2D eigenvalue weighted by Crippen LogP contribution is 2.25. The highest BCUT2D eigenvalue weighted by Gasteiger charge is 2.43. The van der Waals surface area contributed by atoms with Crippen molar-refractivity contribution in [1.29, 1.82) is 0 Å². The number of nitrogens with two attached hydrogens (primary N) is 1. The van der Waals surface area contributed by atoms with Crippen molar-refractivity contribution in [2.24, 2.45) is 5.92 Å². The van der Waals surface area contributed by atoms with Crippen molar-refractivity contribution in [2.45, 2.75) is 12.6 Å². The molecule has 110 valence electrons. The Kier molecular flexibility index (Phi) is 5.09. The first kappa shape index (κ1) is 16.0. The topological polar surface area (TPSA) is 83.6 Å². The molecule has 0 spiro atoms. The summed E-state index contributed by atoms with van der Waals surface area (Å²) in [5.41, 5.74) is 6.18. The lowest BCUT2D eigenvalue weighted by Crippen LogP contribution is -2.38. The molecule has 3 N–H and O–H groups in total. The van der Waals surface area contributed by atoms with Gasteiger partial charge in [-0.15, -0.1) is 0 Å². The smallest absolute Gasteiger partial charge is 0.399 e. The van der Waals surface area contributed by atoms with Crippen LogP contribution in [0.4, 0.5) is 18.9 Å². The van der Waals surface area contributed by atoms with Gasteiger partial charge < -0.3 is 5.73 Å². The number of anilines is 1. The lowest BCUT2D eigenvalue weighted by molar-refractivity contribution is -0.180. The van der Waals surface area contributed by atoms with Crippen molar-refractivity contribution in [3.8, 4) is 0 Å². The first-order chi connectivity index (χ1) is 9.25. The number of rotatable bonds is 6. The molecule has 1 aromatic rings. The summed E-state index contributed by atoms with van der Waals surface area (Å²) >= 11 is 0. The molecule has 0 aromatic heterocycles. The van der Waals surface area contributed by atoms with E-state index in [9.17, 15) is 22.8 Å². The minimum Gasteiger partial charge on any atom is -0.399 e. The van der Waals surface area contributed by atoms with Gasteiger partial charge in [-0.3, -0.25) is 14.8 Å². The van der Waals surface area contributed by atoms with Crippen LogP contribution < -0.4 is 5.73 Å². The molecule has 1 unspecified atom stereocenters. The maximum Gasteiger partial charge on any atom is 0.450 e. The van der Waals surface area contributed by atoms with Gasteiger partial charge >= 0.3 is 6.18 Å². The summed E-state index contributed by atoms with van der Waals surface area (Å²) in [5.74, 6) is -3.63. The Hall–Kier alpha value is -2.09. The molecule has 5 nitrogen and oxygen atoms in total. The van der Waals surface area contributed by atoms with E-state index in [1.807, 2.05) is 0 Å². The van der Waals surface area contributed by atoms with Crippen LogP contribution in [0.25, 0.3) is 0 Å². The standard InChI is InChI=1S/C12H13F3N2O3/c13-12(14,15)11(19)9(6-17(20)7-18)5-8-3-1-2-4-10(8)16/h1-4,7,9,20H,5-6,16H2. The first-order valence-corrected chi connectivity index (χ1v) is 5.61. The van der Waals surface area contributed by atoms with Gasteiger partial charge in [-0.2, -0.15) is 13.2 Å². The van der Waals surface area contributed by atoms with Crippen molar-refractivity contribution >= 4 is 17.9 Å². The van der Waals surface area contributed by atoms with Gasteiger partial charge in [-0.1, -0.05) is 18.2 Å². The number of hydroxylamine groups is 2. The molecular weight excluding hydrogens is 277 g/mol. The summed E-state index contributed by atoms with van der Waals surface area (Å²) in [7, 11) is 0. The van der Waals surface area contributed by atoms with Crippen molar-refractivity contribution in [1.82, 2.24) is 5.06 Å². The molecule has 0 bridgehead atoms. The zero-order valence-electron chi connectivity index (χ0n) is 10.3. The maximum absolute atomic E-state index is 12.5. The van der Waals surface area contributed by atoms with E-state index in [2.05, 4.69) is 0 Å². The van der Waals surface area contributed by atoms with Crippen molar-refractivity contribution in [3.63, 3.8) is 0 Å². The second kappa shape index (κ2) is 6.38. The Morgan fingerprint density at radius 1 is 1.40 bits per heavy atom. The number of carbonyl (C=O) groups excluding carboxylic acids is 2. The minimum atomic E-state index is -5.04. The summed E-state index contributed by atoms with van der Waals surface area (Å²) in [5, 5.41) is 9.01. The van der Waals surface area contributed by atoms with Crippen LogP contribution in [0, 0.1) is 5.92 Å². The molecule has 1 amide bonds. The molecule has 0 aliphatic rings. The van der Waals surface area contributed by atoms with Gasteiger partial charge in [0.15, 0.2) is 0 Å². The van der Waals surface area contributed by atoms with Crippen LogP contribution in [0.15, 0.2) is 24.3 Å². The quantitative estimate of drug-likeness (QED) is 0.359. The fourth-order valence-electron chi connectivity index (χ4n) is 1.73. The molecule has 1 aromatic carbocycles. The number of nitrogens with zero attached hydrogens (tertiary/aromatic N) is 1. The second-order valence-electron chi connectivity index (χ2n) is 4.19. The molecule has 0 saturated heterocycles. The van der Waals surface area contributed by atoms with Gasteiger partial charge in [0.1, 0.15) is 0 Å². The molecule has 0 radical (unpaired) electrons. The Labute approximate surface area is 112 Å². The van der Waals surface area contributed by atoms with E-state index in [-0.39, 0.29) is 23.6 Å². The van der Waals surface area contributed by atoms with Crippen LogP contribution in [0.1, 0.15) is 5.56 Å². The van der Waals surface area contributed by atoms with Crippen LogP contribution in [0.3, 0.4) is 0 Å². The maximum atomic E-state index is 12.5. The van der Waals surface area contributed by atoms with Crippen molar-refractivity contribution in [2.75, 3.05) is 12.3 Å². The number of ketones is 1. The Morgan fingerprint density at radius 2 is 2.00 bits per heavy atom. The Morgan fingerprint density at radius 3 is 2.50 bits per heavy atom. The number of benzene rings is 1. The Bertz CT molecular complexity index is 491. The average molecular weight is 290 g/mol. The summed E-state index contributed by atoms with van der Waals surface area (Å²) in [4.78, 5) is 21.6. The van der Waals surface area contributed by atoms with Gasteiger partial charge in [-0.05, 0) is 18.1 Å². The Balaban J connectivity index is 2.96. The number of hydrogen-bond acceptors (Lipinski definition) is 4. The zero-order chi connectivity index (χ0) is 15.3. The van der Waals surface area contributed by atoms with Crippen molar-refractivity contribution < 1.29 is 28.0 Å². The summed E-state index contributed by atoms with van der Waals surface area (Å²) < 4.78 is 37.5. The summed E-state index contributed by atoms with van der Waals surface area (Å²) in [6.45, 7) is -0.754. The van der Waals surface area contributed by atoms with Gasteiger partial charge in [0.2, 0.25) is 12.2 Å². The minimum absolute atomic E-state index is 0.00738. The van der Waals surface area contributed by atoms with E-state index in [0.29, 0.717) is 5.56 Å². The summed E-state index contributed by atoms with van der Waals surface area (Å²) in [6.07, 6.45) is -5.43. The number of para-hydroxylation sites is 1. The molecule has 0 aliphatic heterocycles. The van der Waals surface area contributed by atoms with Crippen LogP contribution in [-0.2, 0) is 16.0 Å². The predicted molar refractivity (Wildman–Crippen MR) is 63.7 cm³/mol. The van der Waals surface area contributed by atoms with E-state index in [4.69, 9.17) is 10.9 Å². The van der Waals surface area contributed by atoms with Crippen LogP contribution in [-0.4, -0.2) is 35.2 Å². The monoisotopic (exact) mass is 290 g/mol. The molecule has 0 heterocycles. The molecule has 0 saturated carbocycles. The number of amides is 1. The van der Waals surface area contributed by atoms with Crippen LogP contribution in [0.5, 0.6) is 0 Å². The van der Waals surface area contributed by atoms with Crippen LogP contribution >= 0.6 is 0 Å². The van der Waals surface area contributed by atoms with Crippen LogP contribution in [0.2, 0.25) is 0 Å². The first-order valence-electron chi connectivity index (χ1n) is 5.61. The largest absolute Gasteiger partial charge is 0.450 e. The van der Waals surface area contributed by atoms with E-state index < -0.39 is 24.4 Å². The SMILES string of the molecule is Nc1ccccc1CC(CN(O)C=O)C(=O)C(F)(F)F. The number of nitrogen functional groups attached to an aromatic ring is 1. The zero-order valence-corrected chi connectivity index (χ0v) is 10.3. The molecule has 1 atom stereocenters. The van der Waals surface area contributed by atoms with E-state index in [1.165, 1.54) is 12.1 Å². The fourth-order valence-corrected chi connectivity index (χ4v) is 1.73. The van der Waals surface area contributed by atoms with Gasteiger partial charge in [0.25, 0.3) is 0 Å². The molecular formula is C12H13F3N2O3. The molecule has 1 rings (SSSR count). The second-order valence-corrected chi connectivity index (χ2v) is 4.19. The lowest BCUT2D eigenvalue weighted by atomic mass is 9.93. The van der Waals surface area contributed by atoms with E-state index in [1.54, 1.807) is 12.1 Å². The number of halogens is 3. The fraction of sp³-hybridized carbons (Fsp3) is 0.333. The highest BCUT2D eigenvalue weighted by atomic mass is 19.4. The summed E-state index contributed by atoms with van der Waals surface area (Å²) in [6, 6.07) is 6.13. The van der Waals surface area contributed by atoms with E-state index in [0.717, 1.165) is 0 Å². The van der Waals surface area contributed by atoms with E-state index >= 15 is 0 Å². The van der Waals surface area contributed by atoms with Crippen molar-refractivity contribution in [3.05, 3.63) is 29.8 Å². The average Bonchev–Trinajstić information content (AvgIpc) is 2.38. The highest BCUT2D eigenvalue weighted by molar-refractivity contribution is 5.87. The molecule has 0 fully saturated rings. The van der Waals surface area contributed by atoms with Gasteiger partial charge in [-0.25, -0.2) is 5.06 Å². The third-order valence-electron chi connectivity index (χ3n) is 2.70. The van der Waals surface area contributed by atoms with Gasteiger partial charge in [0.05, 0.1) is 12.5 Å². The number of alkyl halides is 3.